The Hall–Kier alpha value is -5.06. The third-order valence-corrected chi connectivity index (χ3v) is 17.7. The van der Waals surface area contributed by atoms with E-state index in [0.717, 1.165) is 0 Å². The molecule has 4 aliphatic heterocycles. The number of aliphatic hydroxyl groups is 6. The molecule has 0 aromatic heterocycles. The zero-order valence-electron chi connectivity index (χ0n) is 49.4. The third kappa shape index (κ3) is 17.3. The van der Waals surface area contributed by atoms with E-state index in [1.165, 1.54) is 36.2 Å². The minimum Gasteiger partial charge on any atom is -0.508 e. The average Bonchev–Trinajstić information content (AvgIpc) is 3.43. The quantitative estimate of drug-likeness (QED) is 0.0827. The van der Waals surface area contributed by atoms with Gasteiger partial charge in [-0.3, -0.25) is 29.0 Å². The van der Waals surface area contributed by atoms with Gasteiger partial charge in [0.2, 0.25) is 17.7 Å². The number of nitrogens with zero attached hydrogens (tertiary/aromatic N) is 1. The summed E-state index contributed by atoms with van der Waals surface area (Å²) in [6.07, 6.45) is 1.03. The maximum absolute atomic E-state index is 14.6. The lowest BCUT2D eigenvalue weighted by atomic mass is 9.69. The second-order valence-corrected chi connectivity index (χ2v) is 24.2. The zero-order valence-corrected chi connectivity index (χ0v) is 49.4. The highest BCUT2D eigenvalue weighted by Crippen LogP contribution is 2.46. The van der Waals surface area contributed by atoms with Gasteiger partial charge in [-0.15, -0.1) is 0 Å². The molecule has 0 saturated carbocycles. The molecule has 81 heavy (non-hydrogen) atoms. The first-order valence-corrected chi connectivity index (χ1v) is 29.4. The van der Waals surface area contributed by atoms with Crippen LogP contribution < -0.4 is 21.4 Å². The van der Waals surface area contributed by atoms with E-state index >= 15 is 0 Å². The molecule has 4 amide bonds. The van der Waals surface area contributed by atoms with Crippen LogP contribution in [-0.4, -0.2) is 155 Å². The van der Waals surface area contributed by atoms with E-state index in [0.29, 0.717) is 42.4 Å². The number of fused-ring (bicyclic) bond motifs is 2. The zero-order chi connectivity index (χ0) is 60.2. The fourth-order valence-corrected chi connectivity index (χ4v) is 11.7. The molecule has 5 rings (SSSR count). The van der Waals surface area contributed by atoms with Crippen molar-refractivity contribution < 1.29 is 74.0 Å². The number of Topliss-reactive ketones (excluding diaryl/α,β-unsaturated/α-hetero) is 1. The van der Waals surface area contributed by atoms with Crippen LogP contribution in [0.15, 0.2) is 54.2 Å². The van der Waals surface area contributed by atoms with Gasteiger partial charge in [-0.25, -0.2) is 5.43 Å². The van der Waals surface area contributed by atoms with Gasteiger partial charge in [0.1, 0.15) is 41.5 Å². The fourth-order valence-electron chi connectivity index (χ4n) is 11.7. The second kappa shape index (κ2) is 30.0. The van der Waals surface area contributed by atoms with Gasteiger partial charge in [0, 0.05) is 61.8 Å². The molecule has 4 aliphatic rings. The molecule has 3 unspecified atom stereocenters. The SMILES string of the molecule is CC[C@H]1C[C@H](C)[C@@]2(NC1=O)O[C@@H](C[C@H](O)[C@@H](C)CCC(O)C(O)/C=C(\C)[C@@H]1C/C=C/C=C/[C@H](O)[C@H](C)[C@@H](O)[C@@H](CCC(C)=O)C(=O)N[C@@H](C(C)C)C(=O)N[C@@H](Cc3ccc(C)c(O)c3)C(=O)N3CCCC(N3)C(=O)O1)[C@H](C)[C@H](O)[C@@H]2C. The van der Waals surface area contributed by atoms with E-state index in [1.54, 1.807) is 58.9 Å². The third-order valence-electron chi connectivity index (χ3n) is 17.7. The Balaban J connectivity index is 1.37. The van der Waals surface area contributed by atoms with Crippen molar-refractivity contribution in [1.29, 1.82) is 0 Å². The number of ketones is 1. The normalized spacial score (nSPS) is 34.8. The summed E-state index contributed by atoms with van der Waals surface area (Å²) in [7, 11) is 0. The first-order valence-electron chi connectivity index (χ1n) is 29.4. The van der Waals surface area contributed by atoms with Crippen molar-refractivity contribution in [2.45, 2.75) is 219 Å². The number of phenols is 1. The summed E-state index contributed by atoms with van der Waals surface area (Å²) < 4.78 is 12.8. The van der Waals surface area contributed by atoms with Gasteiger partial charge in [0.05, 0.1) is 48.6 Å². The number of carbonyl (C=O) groups excluding carboxylic acids is 6. The van der Waals surface area contributed by atoms with Gasteiger partial charge < -0.3 is 66.0 Å². The molecule has 3 fully saturated rings. The first-order chi connectivity index (χ1) is 38.1. The molecule has 20 nitrogen and oxygen atoms in total. The topological polar surface area (TPSA) is 314 Å². The number of rotatable bonds is 16. The van der Waals surface area contributed by atoms with E-state index in [9.17, 15) is 64.5 Å². The molecule has 1 aromatic carbocycles. The van der Waals surface area contributed by atoms with Crippen LogP contribution in [0.5, 0.6) is 5.75 Å². The molecule has 1 spiro atoms. The Bertz CT molecular complexity index is 2410. The van der Waals surface area contributed by atoms with Crippen molar-refractivity contribution in [3.05, 3.63) is 65.3 Å². The van der Waals surface area contributed by atoms with Crippen molar-refractivity contribution in [3.8, 4) is 5.75 Å². The number of amides is 4. The number of allylic oxidation sites excluding steroid dienone is 2. The number of esters is 1. The minimum absolute atomic E-state index is 0.0267. The number of ether oxygens (including phenoxy) is 2. The summed E-state index contributed by atoms with van der Waals surface area (Å²) >= 11 is 0. The van der Waals surface area contributed by atoms with Crippen molar-refractivity contribution in [1.82, 2.24) is 26.4 Å². The molecule has 2 bridgehead atoms. The van der Waals surface area contributed by atoms with Gasteiger partial charge in [-0.2, -0.15) is 0 Å². The molecule has 1 aromatic rings. The van der Waals surface area contributed by atoms with E-state index in [4.69, 9.17) is 9.47 Å². The number of aryl methyl sites for hydroxylation is 1. The molecule has 11 N–H and O–H groups in total. The second-order valence-electron chi connectivity index (χ2n) is 24.2. The Morgan fingerprint density at radius 1 is 0.901 bits per heavy atom. The van der Waals surface area contributed by atoms with Gasteiger partial charge in [0.25, 0.3) is 5.91 Å². The number of hydrazine groups is 1. The number of aliphatic hydroxyl groups excluding tert-OH is 6. The molecule has 4 heterocycles. The molecule has 3 saturated heterocycles. The lowest BCUT2D eigenvalue weighted by molar-refractivity contribution is -0.267. The summed E-state index contributed by atoms with van der Waals surface area (Å²) in [5.74, 6) is -7.23. The first kappa shape index (κ1) is 66.7. The summed E-state index contributed by atoms with van der Waals surface area (Å²) in [6, 6.07) is 1.30. The smallest absolute Gasteiger partial charge is 0.325 e. The summed E-state index contributed by atoms with van der Waals surface area (Å²) in [5.41, 5.74) is 3.38. The van der Waals surface area contributed by atoms with Crippen LogP contribution in [0.1, 0.15) is 145 Å². The molecule has 0 aliphatic carbocycles. The molecular weight excluding hydrogens is 1040 g/mol. The number of hydrogen-bond donors (Lipinski definition) is 11. The Morgan fingerprint density at radius 3 is 2.26 bits per heavy atom. The monoisotopic (exact) mass is 1140 g/mol. The van der Waals surface area contributed by atoms with Crippen LogP contribution in [0.25, 0.3) is 0 Å². The number of nitrogens with one attached hydrogen (secondary N) is 4. The van der Waals surface area contributed by atoms with Crippen LogP contribution in [-0.2, 0) is 44.7 Å². The van der Waals surface area contributed by atoms with E-state index in [1.807, 2.05) is 34.6 Å². The summed E-state index contributed by atoms with van der Waals surface area (Å²) in [5, 5.41) is 89.1. The van der Waals surface area contributed by atoms with Gasteiger partial charge in [-0.1, -0.05) is 97.9 Å². The van der Waals surface area contributed by atoms with Crippen LogP contribution in [0.3, 0.4) is 0 Å². The lowest BCUT2D eigenvalue weighted by Crippen LogP contribution is -2.71. The number of cyclic esters (lactones) is 1. The van der Waals surface area contributed by atoms with Crippen LogP contribution in [0, 0.1) is 54.3 Å². The van der Waals surface area contributed by atoms with E-state index in [-0.39, 0.29) is 98.5 Å². The van der Waals surface area contributed by atoms with Crippen LogP contribution >= 0.6 is 0 Å². The molecule has 454 valence electrons. The number of phenolic OH excluding ortho intramolecular Hbond substituents is 1. The predicted octanol–water partition coefficient (Wildman–Crippen LogP) is 3.88. The number of benzene rings is 1. The van der Waals surface area contributed by atoms with Crippen LogP contribution in [0.4, 0.5) is 0 Å². The highest BCUT2D eigenvalue weighted by Gasteiger charge is 2.57. The number of aromatic hydroxyl groups is 1. The summed E-state index contributed by atoms with van der Waals surface area (Å²) in [6.45, 7) is 19.3. The maximum Gasteiger partial charge on any atom is 0.325 e. The van der Waals surface area contributed by atoms with Gasteiger partial charge >= 0.3 is 5.97 Å². The number of piperidine rings is 1. The van der Waals surface area contributed by atoms with Crippen molar-refractivity contribution >= 4 is 35.4 Å². The summed E-state index contributed by atoms with van der Waals surface area (Å²) in [4.78, 5) is 82.5. The largest absolute Gasteiger partial charge is 0.508 e. The average molecular weight is 1140 g/mol. The number of hydrogen-bond acceptors (Lipinski definition) is 16. The Morgan fingerprint density at radius 2 is 1.60 bits per heavy atom. The lowest BCUT2D eigenvalue weighted by Gasteiger charge is -2.56. The molecule has 20 heteroatoms. The molecule has 0 radical (unpaired) electrons. The highest BCUT2D eigenvalue weighted by atomic mass is 16.5. The van der Waals surface area contributed by atoms with Crippen molar-refractivity contribution in [2.24, 2.45) is 47.3 Å². The predicted molar refractivity (Wildman–Crippen MR) is 303 cm³/mol. The Kier molecular flexibility index (Phi) is 24.7. The van der Waals surface area contributed by atoms with E-state index in [2.05, 4.69) is 21.4 Å². The molecule has 19 atom stereocenters. The minimum atomic E-state index is -1.48. The van der Waals surface area contributed by atoms with Gasteiger partial charge in [-0.05, 0) is 100 Å². The maximum atomic E-state index is 14.6. The van der Waals surface area contributed by atoms with Gasteiger partial charge in [0.15, 0.2) is 0 Å². The standard InChI is InChI=1S/C61H95N5O15/c1-12-42-28-36(7)61(64-56(42)75)40(11)54(73)39(10)52(81-61)31-49(71)34(5)21-25-47(69)50(72)27-35(6)51-19-15-13-14-18-46(68)38(9)55(74)43(24-22-37(8)67)57(76)63-53(32(2)3)58(77)62-45(29-41-23-20-33(4)48(70)30-41)59(78)66-26-16-17-44(65-66)60(79)80-51/h13-15,18,20,23,27,30,32,34,36,38-40,42-47,49-55,65,68-74H,12,16-17,19,21-22,24-26,28-29,31H2,1-11H3,(H,62,77)(H,63,76)(H,64,75)/b15-13+,18-14+,35-27+/t34-,36-,38-,39-,40-,42-,43+,44?,45-,46-,47?,49-,50?,51-,52-,53-,54-,55+,61+/m0/s1. The molecular formula is C61H95N5O15. The fraction of sp³-hybridized carbons (Fsp3) is 0.705. The highest BCUT2D eigenvalue weighted by molar-refractivity contribution is 5.93. The van der Waals surface area contributed by atoms with Crippen LogP contribution in [0.2, 0.25) is 0 Å². The van der Waals surface area contributed by atoms with E-state index < -0.39 is 114 Å². The Labute approximate surface area is 478 Å². The van der Waals surface area contributed by atoms with Crippen molar-refractivity contribution in [3.63, 3.8) is 0 Å². The number of carbonyl (C=O) groups is 6. The van der Waals surface area contributed by atoms with Crippen molar-refractivity contribution in [2.75, 3.05) is 6.54 Å².